The molecule has 0 spiro atoms. The van der Waals surface area contributed by atoms with Crippen LogP contribution in [0.25, 0.3) is 11.3 Å². The Kier molecular flexibility index (Phi) is 3.96. The van der Waals surface area contributed by atoms with Crippen molar-refractivity contribution in [2.75, 3.05) is 19.2 Å². The molecule has 0 amide bonds. The number of rotatable bonds is 5. The Balaban J connectivity index is 1.45. The number of aromatic nitrogens is 1. The molecule has 0 unspecified atom stereocenters. The van der Waals surface area contributed by atoms with Crippen molar-refractivity contribution in [2.45, 2.75) is 6.54 Å². The van der Waals surface area contributed by atoms with Gasteiger partial charge in [-0.15, -0.1) is 11.3 Å². The van der Waals surface area contributed by atoms with Gasteiger partial charge in [-0.05, 0) is 24.3 Å². The average molecular weight is 340 g/mol. The summed E-state index contributed by atoms with van der Waals surface area (Å²) in [4.78, 5) is 4.69. The van der Waals surface area contributed by atoms with E-state index in [-0.39, 0.29) is 6.79 Å². The van der Waals surface area contributed by atoms with Gasteiger partial charge in [0.25, 0.3) is 0 Å². The fraction of sp³-hybridized carbons (Fsp3) is 0.167. The highest BCUT2D eigenvalue weighted by Gasteiger charge is 2.13. The Morgan fingerprint density at radius 3 is 3.00 bits per heavy atom. The van der Waals surface area contributed by atoms with Crippen molar-refractivity contribution in [2.24, 2.45) is 0 Å². The van der Waals surface area contributed by atoms with Gasteiger partial charge in [-0.1, -0.05) is 12.1 Å². The number of benzene rings is 2. The molecule has 0 radical (unpaired) electrons. The van der Waals surface area contributed by atoms with Crippen molar-refractivity contribution in [3.05, 3.63) is 52.9 Å². The molecule has 1 N–H and O–H groups in total. The lowest BCUT2D eigenvalue weighted by atomic mass is 10.2. The van der Waals surface area contributed by atoms with Crippen LogP contribution in [0.4, 0.5) is 5.69 Å². The SMILES string of the molecule is COc1cccc(-c2csc(CNc3ccc4c(c3)OCO4)n2)c1. The van der Waals surface area contributed by atoms with Gasteiger partial charge in [0, 0.05) is 22.7 Å². The van der Waals surface area contributed by atoms with Gasteiger partial charge < -0.3 is 19.5 Å². The Labute approximate surface area is 143 Å². The minimum atomic E-state index is 0.287. The van der Waals surface area contributed by atoms with E-state index in [1.165, 1.54) is 0 Å². The number of nitrogens with zero attached hydrogens (tertiary/aromatic N) is 1. The molecule has 3 aromatic rings. The number of thiazole rings is 1. The van der Waals surface area contributed by atoms with E-state index >= 15 is 0 Å². The van der Waals surface area contributed by atoms with Gasteiger partial charge in [0.05, 0.1) is 19.3 Å². The van der Waals surface area contributed by atoms with Crippen molar-refractivity contribution in [1.82, 2.24) is 4.98 Å². The first-order valence-electron chi connectivity index (χ1n) is 7.54. The minimum absolute atomic E-state index is 0.287. The molecule has 24 heavy (non-hydrogen) atoms. The Morgan fingerprint density at radius 1 is 1.17 bits per heavy atom. The molecular formula is C18H16N2O3S. The van der Waals surface area contributed by atoms with Crippen LogP contribution in [0.3, 0.4) is 0 Å². The predicted molar refractivity (Wildman–Crippen MR) is 94.0 cm³/mol. The van der Waals surface area contributed by atoms with Crippen molar-refractivity contribution < 1.29 is 14.2 Å². The second-order valence-corrected chi connectivity index (χ2v) is 6.22. The van der Waals surface area contributed by atoms with Crippen LogP contribution in [0, 0.1) is 0 Å². The van der Waals surface area contributed by atoms with E-state index in [4.69, 9.17) is 14.2 Å². The first-order valence-corrected chi connectivity index (χ1v) is 8.42. The second kappa shape index (κ2) is 6.41. The van der Waals surface area contributed by atoms with Gasteiger partial charge in [-0.3, -0.25) is 0 Å². The van der Waals surface area contributed by atoms with E-state index in [2.05, 4.69) is 15.7 Å². The Morgan fingerprint density at radius 2 is 2.08 bits per heavy atom. The van der Waals surface area contributed by atoms with Gasteiger partial charge in [0.2, 0.25) is 6.79 Å². The fourth-order valence-corrected chi connectivity index (χ4v) is 3.23. The maximum atomic E-state index is 5.39. The van der Waals surface area contributed by atoms with Crippen LogP contribution in [0.5, 0.6) is 17.2 Å². The smallest absolute Gasteiger partial charge is 0.231 e. The molecule has 1 aliphatic rings. The zero-order valence-corrected chi connectivity index (χ0v) is 13.9. The quantitative estimate of drug-likeness (QED) is 0.756. The number of methoxy groups -OCH3 is 1. The van der Waals surface area contributed by atoms with Crippen LogP contribution in [0.2, 0.25) is 0 Å². The van der Waals surface area contributed by atoms with Crippen LogP contribution >= 0.6 is 11.3 Å². The number of ether oxygens (including phenoxy) is 3. The molecular weight excluding hydrogens is 324 g/mol. The molecule has 0 fully saturated rings. The number of fused-ring (bicyclic) bond motifs is 1. The highest BCUT2D eigenvalue weighted by atomic mass is 32.1. The van der Waals surface area contributed by atoms with Crippen molar-refractivity contribution in [3.8, 4) is 28.5 Å². The third-order valence-corrected chi connectivity index (χ3v) is 4.58. The van der Waals surface area contributed by atoms with Crippen LogP contribution in [0.1, 0.15) is 5.01 Å². The van der Waals surface area contributed by atoms with E-state index in [9.17, 15) is 0 Å². The fourth-order valence-electron chi connectivity index (χ4n) is 2.49. The molecule has 0 atom stereocenters. The number of hydrogen-bond acceptors (Lipinski definition) is 6. The topological polar surface area (TPSA) is 52.6 Å². The summed E-state index contributed by atoms with van der Waals surface area (Å²) in [5.74, 6) is 2.40. The van der Waals surface area contributed by atoms with Crippen LogP contribution in [-0.4, -0.2) is 18.9 Å². The van der Waals surface area contributed by atoms with Gasteiger partial charge in [0.1, 0.15) is 10.8 Å². The summed E-state index contributed by atoms with van der Waals surface area (Å²) >= 11 is 1.63. The summed E-state index contributed by atoms with van der Waals surface area (Å²) in [6.07, 6.45) is 0. The molecule has 0 saturated carbocycles. The molecule has 1 aromatic heterocycles. The van der Waals surface area contributed by atoms with Crippen molar-refractivity contribution in [3.63, 3.8) is 0 Å². The van der Waals surface area contributed by atoms with Crippen LogP contribution < -0.4 is 19.5 Å². The minimum Gasteiger partial charge on any atom is -0.497 e. The summed E-state index contributed by atoms with van der Waals surface area (Å²) in [5.41, 5.74) is 3.00. The number of anilines is 1. The Hall–Kier alpha value is -2.73. The lowest BCUT2D eigenvalue weighted by Crippen LogP contribution is -1.98. The third kappa shape index (κ3) is 3.00. The largest absolute Gasteiger partial charge is 0.497 e. The lowest BCUT2D eigenvalue weighted by molar-refractivity contribution is 0.174. The van der Waals surface area contributed by atoms with E-state index in [0.717, 1.165) is 39.2 Å². The lowest BCUT2D eigenvalue weighted by Gasteiger charge is -2.05. The first-order chi connectivity index (χ1) is 11.8. The molecule has 2 heterocycles. The van der Waals surface area contributed by atoms with Crippen molar-refractivity contribution >= 4 is 17.0 Å². The molecule has 0 aliphatic carbocycles. The van der Waals surface area contributed by atoms with Crippen LogP contribution in [-0.2, 0) is 6.54 Å². The molecule has 2 aromatic carbocycles. The van der Waals surface area contributed by atoms with Gasteiger partial charge >= 0.3 is 0 Å². The standard InChI is InChI=1S/C18H16N2O3S/c1-21-14-4-2-3-12(7-14)15-10-24-18(20-15)9-19-13-5-6-16-17(8-13)23-11-22-16/h2-8,10,19H,9,11H2,1H3. The maximum absolute atomic E-state index is 5.39. The zero-order chi connectivity index (χ0) is 16.4. The summed E-state index contributed by atoms with van der Waals surface area (Å²) in [6.45, 7) is 0.948. The Bertz CT molecular complexity index is 863. The summed E-state index contributed by atoms with van der Waals surface area (Å²) in [5, 5.41) is 6.45. The van der Waals surface area contributed by atoms with E-state index < -0.39 is 0 Å². The maximum Gasteiger partial charge on any atom is 0.231 e. The highest BCUT2D eigenvalue weighted by Crippen LogP contribution is 2.34. The molecule has 122 valence electrons. The molecule has 6 heteroatoms. The normalized spacial score (nSPS) is 12.2. The number of nitrogens with one attached hydrogen (secondary N) is 1. The molecule has 0 bridgehead atoms. The molecule has 1 aliphatic heterocycles. The third-order valence-electron chi connectivity index (χ3n) is 3.73. The van der Waals surface area contributed by atoms with Crippen molar-refractivity contribution in [1.29, 1.82) is 0 Å². The number of hydrogen-bond donors (Lipinski definition) is 1. The highest BCUT2D eigenvalue weighted by molar-refractivity contribution is 7.09. The summed E-state index contributed by atoms with van der Waals surface area (Å²) < 4.78 is 16.0. The first kappa shape index (κ1) is 14.8. The molecule has 0 saturated heterocycles. The van der Waals surface area contributed by atoms with E-state index in [0.29, 0.717) is 6.54 Å². The van der Waals surface area contributed by atoms with Gasteiger partial charge in [-0.25, -0.2) is 4.98 Å². The predicted octanol–water partition coefficient (Wildman–Crippen LogP) is 4.16. The van der Waals surface area contributed by atoms with E-state index in [1.807, 2.05) is 42.5 Å². The van der Waals surface area contributed by atoms with Gasteiger partial charge in [-0.2, -0.15) is 0 Å². The van der Waals surface area contributed by atoms with Gasteiger partial charge in [0.15, 0.2) is 11.5 Å². The molecule has 4 rings (SSSR count). The van der Waals surface area contributed by atoms with Crippen LogP contribution in [0.15, 0.2) is 47.8 Å². The van der Waals surface area contributed by atoms with E-state index in [1.54, 1.807) is 18.4 Å². The summed E-state index contributed by atoms with van der Waals surface area (Å²) in [6, 6.07) is 13.8. The second-order valence-electron chi connectivity index (χ2n) is 5.28. The monoisotopic (exact) mass is 340 g/mol. The molecule has 5 nitrogen and oxygen atoms in total. The summed E-state index contributed by atoms with van der Waals surface area (Å²) in [7, 11) is 1.67. The zero-order valence-electron chi connectivity index (χ0n) is 13.1. The average Bonchev–Trinajstić information content (AvgIpc) is 3.28.